The van der Waals surface area contributed by atoms with E-state index in [1.54, 1.807) is 31.4 Å². The minimum atomic E-state index is -0.897. The van der Waals surface area contributed by atoms with Crippen molar-refractivity contribution in [3.8, 4) is 5.75 Å². The summed E-state index contributed by atoms with van der Waals surface area (Å²) in [5, 5.41) is 12.4. The van der Waals surface area contributed by atoms with Crippen molar-refractivity contribution in [1.82, 2.24) is 9.88 Å². The van der Waals surface area contributed by atoms with Crippen LogP contribution in [-0.4, -0.2) is 22.8 Å². The molecule has 1 heterocycles. The molecule has 0 aliphatic heterocycles. The lowest BCUT2D eigenvalue weighted by atomic mass is 10.1. The predicted octanol–water partition coefficient (Wildman–Crippen LogP) is 1.95. The van der Waals surface area contributed by atoms with Gasteiger partial charge in [-0.1, -0.05) is 12.1 Å². The zero-order valence-corrected chi connectivity index (χ0v) is 11.5. The molecular formula is C15H18N2O3. The van der Waals surface area contributed by atoms with Crippen LogP contribution in [0.5, 0.6) is 5.75 Å². The summed E-state index contributed by atoms with van der Waals surface area (Å²) in [4.78, 5) is 11.4. The zero-order valence-electron chi connectivity index (χ0n) is 11.5. The number of rotatable bonds is 6. The van der Waals surface area contributed by atoms with E-state index in [-0.39, 0.29) is 0 Å². The molecule has 5 nitrogen and oxygen atoms in total. The molecule has 0 aliphatic carbocycles. The van der Waals surface area contributed by atoms with E-state index in [9.17, 15) is 9.90 Å². The third kappa shape index (κ3) is 3.39. The van der Waals surface area contributed by atoms with Crippen LogP contribution in [0.2, 0.25) is 0 Å². The SMILES string of the molecule is COc1ccc(C(NCc2ccn(C)c2)C(=O)O)cc1. The second kappa shape index (κ2) is 6.25. The Labute approximate surface area is 117 Å². The highest BCUT2D eigenvalue weighted by Gasteiger charge is 2.19. The van der Waals surface area contributed by atoms with Gasteiger partial charge in [-0.2, -0.15) is 0 Å². The fraction of sp³-hybridized carbons (Fsp3) is 0.267. The van der Waals surface area contributed by atoms with E-state index in [2.05, 4.69) is 5.32 Å². The Balaban J connectivity index is 2.08. The largest absolute Gasteiger partial charge is 0.497 e. The molecule has 0 radical (unpaired) electrons. The molecular weight excluding hydrogens is 256 g/mol. The first-order valence-electron chi connectivity index (χ1n) is 6.31. The summed E-state index contributed by atoms with van der Waals surface area (Å²) >= 11 is 0. The molecule has 1 aromatic heterocycles. The molecule has 0 aliphatic rings. The van der Waals surface area contributed by atoms with Crippen molar-refractivity contribution in [2.45, 2.75) is 12.6 Å². The Morgan fingerprint density at radius 2 is 2.05 bits per heavy atom. The molecule has 20 heavy (non-hydrogen) atoms. The smallest absolute Gasteiger partial charge is 0.325 e. The normalized spacial score (nSPS) is 12.1. The van der Waals surface area contributed by atoms with Gasteiger partial charge in [0.1, 0.15) is 11.8 Å². The Kier molecular flexibility index (Phi) is 4.42. The molecule has 2 aromatic rings. The highest BCUT2D eigenvalue weighted by Crippen LogP contribution is 2.18. The van der Waals surface area contributed by atoms with Gasteiger partial charge in [0.15, 0.2) is 0 Å². The number of benzene rings is 1. The quantitative estimate of drug-likeness (QED) is 0.845. The van der Waals surface area contributed by atoms with Crippen LogP contribution in [-0.2, 0) is 18.4 Å². The van der Waals surface area contributed by atoms with E-state index in [0.29, 0.717) is 17.9 Å². The van der Waals surface area contributed by atoms with Crippen molar-refractivity contribution < 1.29 is 14.6 Å². The molecule has 0 bridgehead atoms. The van der Waals surface area contributed by atoms with Crippen molar-refractivity contribution in [2.24, 2.45) is 7.05 Å². The molecule has 1 atom stereocenters. The standard InChI is InChI=1S/C15H18N2O3/c1-17-8-7-11(10-17)9-16-14(15(18)19)12-3-5-13(20-2)6-4-12/h3-8,10,14,16H,9H2,1-2H3,(H,18,19). The van der Waals surface area contributed by atoms with Gasteiger partial charge >= 0.3 is 5.97 Å². The van der Waals surface area contributed by atoms with Gasteiger partial charge in [0.2, 0.25) is 0 Å². The second-order valence-electron chi connectivity index (χ2n) is 4.61. The van der Waals surface area contributed by atoms with Gasteiger partial charge in [-0.3, -0.25) is 10.1 Å². The zero-order chi connectivity index (χ0) is 14.5. The number of nitrogens with one attached hydrogen (secondary N) is 1. The monoisotopic (exact) mass is 274 g/mol. The number of aliphatic carboxylic acids is 1. The van der Waals surface area contributed by atoms with Gasteiger partial charge in [-0.15, -0.1) is 0 Å². The summed E-state index contributed by atoms with van der Waals surface area (Å²) in [7, 11) is 3.51. The molecule has 2 N–H and O–H groups in total. The van der Waals surface area contributed by atoms with Crippen LogP contribution in [0.4, 0.5) is 0 Å². The van der Waals surface area contributed by atoms with E-state index < -0.39 is 12.0 Å². The third-order valence-corrected chi connectivity index (χ3v) is 3.10. The van der Waals surface area contributed by atoms with Crippen molar-refractivity contribution in [2.75, 3.05) is 7.11 Å². The van der Waals surface area contributed by atoms with E-state index in [0.717, 1.165) is 5.56 Å². The maximum absolute atomic E-state index is 11.4. The van der Waals surface area contributed by atoms with Gasteiger partial charge in [0.05, 0.1) is 7.11 Å². The number of ether oxygens (including phenoxy) is 1. The number of nitrogens with zero attached hydrogens (tertiary/aromatic N) is 1. The minimum Gasteiger partial charge on any atom is -0.497 e. The Hall–Kier alpha value is -2.27. The fourth-order valence-corrected chi connectivity index (χ4v) is 2.03. The molecule has 5 heteroatoms. The Morgan fingerprint density at radius 1 is 1.35 bits per heavy atom. The molecule has 1 aromatic carbocycles. The number of aryl methyl sites for hydroxylation is 1. The number of carbonyl (C=O) groups is 1. The van der Waals surface area contributed by atoms with E-state index in [1.165, 1.54) is 0 Å². The van der Waals surface area contributed by atoms with Crippen LogP contribution in [0.1, 0.15) is 17.2 Å². The van der Waals surface area contributed by atoms with Crippen LogP contribution in [0.3, 0.4) is 0 Å². The summed E-state index contributed by atoms with van der Waals surface area (Å²) < 4.78 is 7.00. The maximum Gasteiger partial charge on any atom is 0.325 e. The summed E-state index contributed by atoms with van der Waals surface area (Å²) in [6, 6.07) is 8.26. The number of hydrogen-bond donors (Lipinski definition) is 2. The first-order valence-corrected chi connectivity index (χ1v) is 6.31. The van der Waals surface area contributed by atoms with Gasteiger partial charge in [0, 0.05) is 26.0 Å². The number of methoxy groups -OCH3 is 1. The van der Waals surface area contributed by atoms with Crippen molar-refractivity contribution in [3.05, 3.63) is 53.9 Å². The van der Waals surface area contributed by atoms with Gasteiger partial charge in [-0.25, -0.2) is 0 Å². The second-order valence-corrected chi connectivity index (χ2v) is 4.61. The van der Waals surface area contributed by atoms with Crippen LogP contribution < -0.4 is 10.1 Å². The van der Waals surface area contributed by atoms with Crippen molar-refractivity contribution in [3.63, 3.8) is 0 Å². The van der Waals surface area contributed by atoms with Crippen LogP contribution in [0.15, 0.2) is 42.7 Å². The highest BCUT2D eigenvalue weighted by atomic mass is 16.5. The van der Waals surface area contributed by atoms with Gasteiger partial charge in [-0.05, 0) is 29.3 Å². The third-order valence-electron chi connectivity index (χ3n) is 3.10. The Bertz CT molecular complexity index is 575. The van der Waals surface area contributed by atoms with E-state index in [4.69, 9.17) is 4.74 Å². The van der Waals surface area contributed by atoms with Crippen LogP contribution in [0, 0.1) is 0 Å². The molecule has 0 spiro atoms. The first kappa shape index (κ1) is 14.1. The average Bonchev–Trinajstić information content (AvgIpc) is 2.85. The molecule has 0 saturated carbocycles. The molecule has 106 valence electrons. The number of aromatic nitrogens is 1. The van der Waals surface area contributed by atoms with Gasteiger partial charge < -0.3 is 14.4 Å². The molecule has 2 rings (SSSR count). The van der Waals surface area contributed by atoms with Crippen LogP contribution >= 0.6 is 0 Å². The molecule has 0 fully saturated rings. The molecule has 0 amide bonds. The minimum absolute atomic E-state index is 0.504. The topological polar surface area (TPSA) is 63.5 Å². The van der Waals surface area contributed by atoms with E-state index >= 15 is 0 Å². The van der Waals surface area contributed by atoms with Crippen molar-refractivity contribution >= 4 is 5.97 Å². The lowest BCUT2D eigenvalue weighted by Gasteiger charge is -2.14. The fourth-order valence-electron chi connectivity index (χ4n) is 2.03. The summed E-state index contributed by atoms with van der Waals surface area (Å²) in [6.07, 6.45) is 3.89. The number of carboxylic acid groups (broad SMARTS) is 1. The number of carboxylic acids is 1. The summed E-state index contributed by atoms with van der Waals surface area (Å²) in [6.45, 7) is 0.504. The average molecular weight is 274 g/mol. The Morgan fingerprint density at radius 3 is 2.55 bits per heavy atom. The first-order chi connectivity index (χ1) is 9.60. The van der Waals surface area contributed by atoms with E-state index in [1.807, 2.05) is 30.1 Å². The molecule has 0 saturated heterocycles. The van der Waals surface area contributed by atoms with Gasteiger partial charge in [0.25, 0.3) is 0 Å². The van der Waals surface area contributed by atoms with Crippen LogP contribution in [0.25, 0.3) is 0 Å². The predicted molar refractivity (Wildman–Crippen MR) is 75.6 cm³/mol. The highest BCUT2D eigenvalue weighted by molar-refractivity contribution is 5.75. The lowest BCUT2D eigenvalue weighted by Crippen LogP contribution is -2.27. The number of hydrogen-bond acceptors (Lipinski definition) is 3. The van der Waals surface area contributed by atoms with Crippen molar-refractivity contribution in [1.29, 1.82) is 0 Å². The maximum atomic E-state index is 11.4. The molecule has 1 unspecified atom stereocenters. The lowest BCUT2D eigenvalue weighted by molar-refractivity contribution is -0.139. The summed E-state index contributed by atoms with van der Waals surface area (Å²) in [5.41, 5.74) is 1.75. The summed E-state index contributed by atoms with van der Waals surface area (Å²) in [5.74, 6) is -0.188.